The Hall–Kier alpha value is -1.23. The second kappa shape index (κ2) is 4.53. The van der Waals surface area contributed by atoms with E-state index in [1.807, 2.05) is 19.1 Å². The average Bonchev–Trinajstić information content (AvgIpc) is 2.07. The highest BCUT2D eigenvalue weighted by atomic mass is 32.2. The Bertz CT molecular complexity index is 441. The first-order valence-corrected chi connectivity index (χ1v) is 6.72. The lowest BCUT2D eigenvalue weighted by Gasteiger charge is -2.09. The minimum atomic E-state index is -2.90. The van der Waals surface area contributed by atoms with Crippen molar-refractivity contribution in [1.29, 1.82) is 0 Å². The van der Waals surface area contributed by atoms with Gasteiger partial charge < -0.3 is 11.1 Å². The van der Waals surface area contributed by atoms with Crippen LogP contribution in [-0.4, -0.2) is 27.0 Å². The zero-order valence-electron chi connectivity index (χ0n) is 8.95. The Balaban J connectivity index is 2.59. The van der Waals surface area contributed by atoms with E-state index in [4.69, 9.17) is 5.73 Å². The van der Waals surface area contributed by atoms with Gasteiger partial charge in [-0.25, -0.2) is 8.42 Å². The van der Waals surface area contributed by atoms with E-state index in [1.165, 1.54) is 6.26 Å². The van der Waals surface area contributed by atoms with Crippen LogP contribution in [0.4, 0.5) is 11.4 Å². The summed E-state index contributed by atoms with van der Waals surface area (Å²) in [6, 6.07) is 5.49. The molecule has 0 spiro atoms. The molecule has 3 N–H and O–H groups in total. The van der Waals surface area contributed by atoms with Crippen LogP contribution in [0, 0.1) is 6.92 Å². The minimum Gasteiger partial charge on any atom is -0.399 e. The maximum atomic E-state index is 10.9. The van der Waals surface area contributed by atoms with E-state index in [0.29, 0.717) is 12.2 Å². The molecule has 0 atom stereocenters. The number of anilines is 2. The van der Waals surface area contributed by atoms with Gasteiger partial charge in [-0.15, -0.1) is 0 Å². The van der Waals surface area contributed by atoms with Crippen molar-refractivity contribution in [3.8, 4) is 0 Å². The fraction of sp³-hybridized carbons (Fsp3) is 0.400. The first-order valence-electron chi connectivity index (χ1n) is 4.66. The average molecular weight is 228 g/mol. The molecule has 0 amide bonds. The molecule has 1 rings (SSSR count). The predicted molar refractivity (Wildman–Crippen MR) is 63.8 cm³/mol. The van der Waals surface area contributed by atoms with Crippen molar-refractivity contribution < 1.29 is 8.42 Å². The van der Waals surface area contributed by atoms with Crippen LogP contribution < -0.4 is 11.1 Å². The normalized spacial score (nSPS) is 11.3. The molecule has 0 aromatic heterocycles. The topological polar surface area (TPSA) is 72.2 Å². The Morgan fingerprint density at radius 2 is 2.07 bits per heavy atom. The summed E-state index contributed by atoms with van der Waals surface area (Å²) in [5.41, 5.74) is 8.25. The summed E-state index contributed by atoms with van der Waals surface area (Å²) in [5.74, 6) is 0.136. The molecule has 0 unspecified atom stereocenters. The lowest BCUT2D eigenvalue weighted by atomic mass is 10.2. The summed E-state index contributed by atoms with van der Waals surface area (Å²) in [7, 11) is -2.90. The summed E-state index contributed by atoms with van der Waals surface area (Å²) < 4.78 is 21.8. The van der Waals surface area contributed by atoms with Gasteiger partial charge in [0.25, 0.3) is 0 Å². The number of nitrogens with two attached hydrogens (primary N) is 1. The van der Waals surface area contributed by atoms with Crippen molar-refractivity contribution in [2.45, 2.75) is 6.92 Å². The fourth-order valence-corrected chi connectivity index (χ4v) is 1.73. The van der Waals surface area contributed by atoms with E-state index in [-0.39, 0.29) is 5.75 Å². The van der Waals surface area contributed by atoms with E-state index in [2.05, 4.69) is 5.32 Å². The van der Waals surface area contributed by atoms with Gasteiger partial charge in [0.1, 0.15) is 9.84 Å². The van der Waals surface area contributed by atoms with Crippen LogP contribution >= 0.6 is 0 Å². The van der Waals surface area contributed by atoms with Crippen molar-refractivity contribution in [2.24, 2.45) is 0 Å². The number of nitrogen functional groups attached to an aromatic ring is 1. The standard InChI is InChI=1S/C10H16N2O2S/c1-8-7-9(11)3-4-10(8)12-5-6-15(2,13)14/h3-4,7,12H,5-6,11H2,1-2H3. The third-order valence-corrected chi connectivity index (χ3v) is 2.98. The molecule has 1 aromatic carbocycles. The SMILES string of the molecule is Cc1cc(N)ccc1NCCS(C)(=O)=O. The number of rotatable bonds is 4. The zero-order valence-corrected chi connectivity index (χ0v) is 9.76. The predicted octanol–water partition coefficient (Wildman–Crippen LogP) is 1.03. The number of hydrogen-bond donors (Lipinski definition) is 2. The lowest BCUT2D eigenvalue weighted by molar-refractivity contribution is 0.602. The van der Waals surface area contributed by atoms with Crippen LogP contribution in [-0.2, 0) is 9.84 Å². The highest BCUT2D eigenvalue weighted by molar-refractivity contribution is 7.90. The van der Waals surface area contributed by atoms with Crippen LogP contribution in [0.1, 0.15) is 5.56 Å². The summed E-state index contributed by atoms with van der Waals surface area (Å²) in [4.78, 5) is 0. The molecule has 0 saturated heterocycles. The fourth-order valence-electron chi connectivity index (χ4n) is 1.26. The maximum Gasteiger partial charge on any atom is 0.149 e. The van der Waals surface area contributed by atoms with Gasteiger partial charge in [0.05, 0.1) is 5.75 Å². The molecule has 0 fully saturated rings. The minimum absolute atomic E-state index is 0.136. The van der Waals surface area contributed by atoms with E-state index in [0.717, 1.165) is 11.3 Å². The molecule has 15 heavy (non-hydrogen) atoms. The van der Waals surface area contributed by atoms with E-state index in [1.54, 1.807) is 6.07 Å². The van der Waals surface area contributed by atoms with Crippen molar-refractivity contribution in [2.75, 3.05) is 29.6 Å². The van der Waals surface area contributed by atoms with Gasteiger partial charge in [-0.05, 0) is 30.7 Å². The van der Waals surface area contributed by atoms with E-state index in [9.17, 15) is 8.42 Å². The van der Waals surface area contributed by atoms with Gasteiger partial charge in [-0.1, -0.05) is 0 Å². The Kier molecular flexibility index (Phi) is 3.57. The molecule has 0 saturated carbocycles. The van der Waals surface area contributed by atoms with Crippen molar-refractivity contribution in [3.05, 3.63) is 23.8 Å². The molecule has 4 nitrogen and oxygen atoms in total. The molecule has 0 aliphatic carbocycles. The van der Waals surface area contributed by atoms with Gasteiger partial charge >= 0.3 is 0 Å². The summed E-state index contributed by atoms with van der Waals surface area (Å²) in [6.45, 7) is 2.35. The molecule has 0 bridgehead atoms. The number of benzene rings is 1. The quantitative estimate of drug-likeness (QED) is 0.755. The second-order valence-electron chi connectivity index (χ2n) is 3.63. The van der Waals surface area contributed by atoms with Gasteiger partial charge in [0.2, 0.25) is 0 Å². The molecule has 0 heterocycles. The van der Waals surface area contributed by atoms with Crippen LogP contribution in [0.2, 0.25) is 0 Å². The van der Waals surface area contributed by atoms with Crippen LogP contribution in [0.3, 0.4) is 0 Å². The molecule has 0 aliphatic heterocycles. The molecule has 1 aromatic rings. The Labute approximate surface area is 90.4 Å². The van der Waals surface area contributed by atoms with Gasteiger partial charge in [0, 0.05) is 24.2 Å². The highest BCUT2D eigenvalue weighted by Gasteiger charge is 2.02. The first kappa shape index (κ1) is 11.8. The smallest absolute Gasteiger partial charge is 0.149 e. The zero-order chi connectivity index (χ0) is 11.5. The van der Waals surface area contributed by atoms with Gasteiger partial charge in [0.15, 0.2) is 0 Å². The van der Waals surface area contributed by atoms with Gasteiger partial charge in [-0.3, -0.25) is 0 Å². The summed E-state index contributed by atoms with van der Waals surface area (Å²) in [6.07, 6.45) is 1.23. The number of sulfone groups is 1. The van der Waals surface area contributed by atoms with Crippen LogP contribution in [0.15, 0.2) is 18.2 Å². The molecular weight excluding hydrogens is 212 g/mol. The molecule has 0 aliphatic rings. The first-order chi connectivity index (χ1) is 6.88. The largest absolute Gasteiger partial charge is 0.399 e. The summed E-state index contributed by atoms with van der Waals surface area (Å²) >= 11 is 0. The number of nitrogens with one attached hydrogen (secondary N) is 1. The summed E-state index contributed by atoms with van der Waals surface area (Å²) in [5, 5.41) is 3.06. The van der Waals surface area contributed by atoms with Gasteiger partial charge in [-0.2, -0.15) is 0 Å². The Morgan fingerprint density at radius 3 is 2.60 bits per heavy atom. The monoisotopic (exact) mass is 228 g/mol. The third-order valence-electron chi connectivity index (χ3n) is 2.04. The lowest BCUT2D eigenvalue weighted by Crippen LogP contribution is -2.14. The third kappa shape index (κ3) is 4.20. The van der Waals surface area contributed by atoms with Crippen molar-refractivity contribution >= 4 is 21.2 Å². The van der Waals surface area contributed by atoms with E-state index >= 15 is 0 Å². The molecule has 0 radical (unpaired) electrons. The van der Waals surface area contributed by atoms with Crippen molar-refractivity contribution in [1.82, 2.24) is 0 Å². The van der Waals surface area contributed by atoms with Crippen LogP contribution in [0.5, 0.6) is 0 Å². The highest BCUT2D eigenvalue weighted by Crippen LogP contribution is 2.17. The molecule has 5 heteroatoms. The van der Waals surface area contributed by atoms with Crippen LogP contribution in [0.25, 0.3) is 0 Å². The molecular formula is C10H16N2O2S. The second-order valence-corrected chi connectivity index (χ2v) is 5.89. The van der Waals surface area contributed by atoms with Crippen molar-refractivity contribution in [3.63, 3.8) is 0 Å². The maximum absolute atomic E-state index is 10.9. The Morgan fingerprint density at radius 1 is 1.40 bits per heavy atom. The van der Waals surface area contributed by atoms with E-state index < -0.39 is 9.84 Å². The number of hydrogen-bond acceptors (Lipinski definition) is 4. The molecule has 84 valence electrons. The number of aryl methyl sites for hydroxylation is 1.